The summed E-state index contributed by atoms with van der Waals surface area (Å²) in [4.78, 5) is 12.5. The molecule has 0 aliphatic heterocycles. The van der Waals surface area contributed by atoms with Gasteiger partial charge in [0.1, 0.15) is 5.69 Å². The van der Waals surface area contributed by atoms with Gasteiger partial charge in [-0.05, 0) is 34.4 Å². The molecule has 0 aliphatic carbocycles. The molecule has 0 fully saturated rings. The van der Waals surface area contributed by atoms with E-state index in [1.807, 2.05) is 36.4 Å². The van der Waals surface area contributed by atoms with E-state index in [0.29, 0.717) is 12.2 Å². The van der Waals surface area contributed by atoms with Crippen molar-refractivity contribution < 1.29 is 4.79 Å². The number of amides is 1. The fourth-order valence-electron chi connectivity index (χ4n) is 3.20. The van der Waals surface area contributed by atoms with Gasteiger partial charge in [0.05, 0.1) is 5.69 Å². The summed E-state index contributed by atoms with van der Waals surface area (Å²) in [5, 5.41) is 12.4. The second-order valence-corrected chi connectivity index (χ2v) is 6.55. The summed E-state index contributed by atoms with van der Waals surface area (Å²) in [6.45, 7) is 2.62. The fraction of sp³-hybridized carbons (Fsp3) is 0.130. The number of rotatable bonds is 5. The number of hydrogen-bond acceptors (Lipinski definition) is 2. The van der Waals surface area contributed by atoms with E-state index in [1.165, 1.54) is 5.56 Å². The molecular formula is C23H21N3O. The Labute approximate surface area is 158 Å². The molecule has 4 aromatic rings. The number of aromatic nitrogens is 2. The van der Waals surface area contributed by atoms with Crippen LogP contribution in [0, 0.1) is 0 Å². The van der Waals surface area contributed by atoms with Crippen LogP contribution in [0.4, 0.5) is 0 Å². The highest BCUT2D eigenvalue weighted by Crippen LogP contribution is 2.27. The van der Waals surface area contributed by atoms with Crippen molar-refractivity contribution >= 4 is 16.7 Å². The molecule has 0 saturated carbocycles. The molecule has 4 nitrogen and oxygen atoms in total. The van der Waals surface area contributed by atoms with E-state index < -0.39 is 0 Å². The van der Waals surface area contributed by atoms with Crippen LogP contribution in [0.25, 0.3) is 22.0 Å². The second kappa shape index (κ2) is 7.46. The molecule has 4 heteroatoms. The monoisotopic (exact) mass is 355 g/mol. The van der Waals surface area contributed by atoms with Crippen molar-refractivity contribution in [1.82, 2.24) is 15.5 Å². The van der Waals surface area contributed by atoms with Gasteiger partial charge in [0.25, 0.3) is 5.91 Å². The number of fused-ring (bicyclic) bond motifs is 1. The first kappa shape index (κ1) is 17.0. The second-order valence-electron chi connectivity index (χ2n) is 6.55. The Hall–Kier alpha value is -3.40. The van der Waals surface area contributed by atoms with Crippen LogP contribution in [0.1, 0.15) is 28.5 Å². The molecule has 1 amide bonds. The maximum atomic E-state index is 12.5. The molecule has 0 bridgehead atoms. The van der Waals surface area contributed by atoms with Crippen LogP contribution in [-0.2, 0) is 13.0 Å². The Morgan fingerprint density at radius 3 is 2.52 bits per heavy atom. The number of nitrogens with one attached hydrogen (secondary N) is 2. The molecule has 0 unspecified atom stereocenters. The first-order chi connectivity index (χ1) is 13.2. The third kappa shape index (κ3) is 3.60. The van der Waals surface area contributed by atoms with Crippen LogP contribution < -0.4 is 5.32 Å². The lowest BCUT2D eigenvalue weighted by molar-refractivity contribution is 0.0946. The van der Waals surface area contributed by atoms with Crippen LogP contribution in [0.2, 0.25) is 0 Å². The normalized spacial score (nSPS) is 10.9. The Bertz CT molecular complexity index is 1070. The lowest BCUT2D eigenvalue weighted by atomic mass is 10.0. The summed E-state index contributed by atoms with van der Waals surface area (Å²) >= 11 is 0. The van der Waals surface area contributed by atoms with E-state index in [1.54, 1.807) is 6.07 Å². The zero-order valence-corrected chi connectivity index (χ0v) is 15.2. The molecule has 1 heterocycles. The van der Waals surface area contributed by atoms with Crippen LogP contribution in [0.15, 0.2) is 72.8 Å². The third-order valence-electron chi connectivity index (χ3n) is 4.77. The maximum Gasteiger partial charge on any atom is 0.269 e. The van der Waals surface area contributed by atoms with Crippen LogP contribution >= 0.6 is 0 Å². The zero-order chi connectivity index (χ0) is 18.6. The quantitative estimate of drug-likeness (QED) is 0.544. The molecule has 1 aromatic heterocycles. The number of carbonyl (C=O) groups is 1. The van der Waals surface area contributed by atoms with Gasteiger partial charge in [0.2, 0.25) is 0 Å². The average Bonchev–Trinajstić information content (AvgIpc) is 3.22. The van der Waals surface area contributed by atoms with Crippen molar-refractivity contribution in [2.45, 2.75) is 19.9 Å². The molecule has 0 saturated heterocycles. The minimum Gasteiger partial charge on any atom is -0.347 e. The standard InChI is InChI=1S/C23H21N3O/c1-2-16-10-12-17(13-11-16)15-24-23(27)22-14-21(25-26-22)20-9-5-7-18-6-3-4-8-19(18)20/h3-14H,2,15H2,1H3,(H,24,27)(H,25,26). The first-order valence-corrected chi connectivity index (χ1v) is 9.14. The lowest BCUT2D eigenvalue weighted by Gasteiger charge is -2.05. The van der Waals surface area contributed by atoms with E-state index in [-0.39, 0.29) is 5.91 Å². The van der Waals surface area contributed by atoms with Crippen LogP contribution in [-0.4, -0.2) is 16.1 Å². The van der Waals surface area contributed by atoms with Crippen LogP contribution in [0.5, 0.6) is 0 Å². The summed E-state index contributed by atoms with van der Waals surface area (Å²) < 4.78 is 0. The molecule has 27 heavy (non-hydrogen) atoms. The maximum absolute atomic E-state index is 12.5. The van der Waals surface area contributed by atoms with Gasteiger partial charge in [-0.1, -0.05) is 73.7 Å². The molecule has 2 N–H and O–H groups in total. The Morgan fingerprint density at radius 1 is 0.963 bits per heavy atom. The fourth-order valence-corrected chi connectivity index (χ4v) is 3.20. The van der Waals surface area contributed by atoms with E-state index in [0.717, 1.165) is 34.0 Å². The summed E-state index contributed by atoms with van der Waals surface area (Å²) in [6.07, 6.45) is 1.01. The summed E-state index contributed by atoms with van der Waals surface area (Å²) in [5.74, 6) is -0.159. The highest BCUT2D eigenvalue weighted by Gasteiger charge is 2.12. The number of nitrogens with zero attached hydrogens (tertiary/aromatic N) is 1. The zero-order valence-electron chi connectivity index (χ0n) is 15.2. The Morgan fingerprint density at radius 2 is 1.70 bits per heavy atom. The van der Waals surface area contributed by atoms with Crippen molar-refractivity contribution in [3.8, 4) is 11.3 Å². The topological polar surface area (TPSA) is 57.8 Å². The number of aromatic amines is 1. The minimum absolute atomic E-state index is 0.159. The number of hydrogen-bond donors (Lipinski definition) is 2. The van der Waals surface area contributed by atoms with Gasteiger partial charge in [-0.25, -0.2) is 0 Å². The van der Waals surface area contributed by atoms with E-state index in [2.05, 4.69) is 52.8 Å². The molecule has 0 atom stereocenters. The van der Waals surface area contributed by atoms with E-state index >= 15 is 0 Å². The van der Waals surface area contributed by atoms with Gasteiger partial charge >= 0.3 is 0 Å². The Kier molecular flexibility index (Phi) is 4.71. The average molecular weight is 355 g/mol. The van der Waals surface area contributed by atoms with Gasteiger partial charge in [-0.3, -0.25) is 9.89 Å². The van der Waals surface area contributed by atoms with Crippen LogP contribution in [0.3, 0.4) is 0 Å². The van der Waals surface area contributed by atoms with E-state index in [9.17, 15) is 4.79 Å². The summed E-state index contributed by atoms with van der Waals surface area (Å²) in [5.41, 5.74) is 4.61. The van der Waals surface area contributed by atoms with Gasteiger partial charge < -0.3 is 5.32 Å². The van der Waals surface area contributed by atoms with Gasteiger partial charge in [0.15, 0.2) is 0 Å². The van der Waals surface area contributed by atoms with Gasteiger partial charge in [-0.15, -0.1) is 0 Å². The van der Waals surface area contributed by atoms with Crippen molar-refractivity contribution in [3.63, 3.8) is 0 Å². The predicted octanol–water partition coefficient (Wildman–Crippen LogP) is 4.72. The highest BCUT2D eigenvalue weighted by atomic mass is 16.1. The predicted molar refractivity (Wildman–Crippen MR) is 109 cm³/mol. The van der Waals surface area contributed by atoms with Gasteiger partial charge in [-0.2, -0.15) is 5.10 Å². The number of benzene rings is 3. The number of H-pyrrole nitrogens is 1. The summed E-state index contributed by atoms with van der Waals surface area (Å²) in [6, 6.07) is 24.4. The van der Waals surface area contributed by atoms with E-state index in [4.69, 9.17) is 0 Å². The van der Waals surface area contributed by atoms with Crippen molar-refractivity contribution in [3.05, 3.63) is 89.6 Å². The molecule has 3 aromatic carbocycles. The molecule has 0 spiro atoms. The lowest BCUT2D eigenvalue weighted by Crippen LogP contribution is -2.23. The molecule has 0 aliphatic rings. The summed E-state index contributed by atoms with van der Waals surface area (Å²) in [7, 11) is 0. The molecule has 134 valence electrons. The van der Waals surface area contributed by atoms with Gasteiger partial charge in [0, 0.05) is 12.1 Å². The minimum atomic E-state index is -0.159. The smallest absolute Gasteiger partial charge is 0.269 e. The third-order valence-corrected chi connectivity index (χ3v) is 4.77. The highest BCUT2D eigenvalue weighted by molar-refractivity contribution is 5.98. The largest absolute Gasteiger partial charge is 0.347 e. The molecule has 0 radical (unpaired) electrons. The number of carbonyl (C=O) groups excluding carboxylic acids is 1. The van der Waals surface area contributed by atoms with Crippen molar-refractivity contribution in [1.29, 1.82) is 0 Å². The Balaban J connectivity index is 1.50. The van der Waals surface area contributed by atoms with Crippen molar-refractivity contribution in [2.24, 2.45) is 0 Å². The number of aryl methyl sites for hydroxylation is 1. The van der Waals surface area contributed by atoms with Crippen molar-refractivity contribution in [2.75, 3.05) is 0 Å². The first-order valence-electron chi connectivity index (χ1n) is 9.14. The molecular weight excluding hydrogens is 334 g/mol. The molecule has 4 rings (SSSR count). The SMILES string of the molecule is CCc1ccc(CNC(=O)c2cc(-c3cccc4ccccc34)n[nH]2)cc1.